The lowest BCUT2D eigenvalue weighted by molar-refractivity contribution is -0.190. The molecule has 0 aliphatic rings. The molecule has 1 aromatic rings. The monoisotopic (exact) mass is 291 g/mol. The molecule has 0 heterocycles. The molecule has 1 aromatic carbocycles. The highest BCUT2D eigenvalue weighted by molar-refractivity contribution is 5.26. The Kier molecular flexibility index (Phi) is 4.75. The minimum absolute atomic E-state index is 0.186. The van der Waals surface area contributed by atoms with E-state index in [1.165, 1.54) is 0 Å². The number of hydrogen-bond acceptors (Lipinski definition) is 2. The summed E-state index contributed by atoms with van der Waals surface area (Å²) in [5, 5.41) is 0. The highest BCUT2D eigenvalue weighted by Gasteiger charge is 2.31. The molecule has 0 saturated carbocycles. The largest absolute Gasteiger partial charge is 0.416 e. The molecule has 108 valence electrons. The van der Waals surface area contributed by atoms with Crippen LogP contribution in [0.1, 0.15) is 11.1 Å². The molecule has 0 aliphatic heterocycles. The summed E-state index contributed by atoms with van der Waals surface area (Å²) in [5.41, 5.74) is 0.402. The number of alkyl halides is 6. The molecule has 0 spiro atoms. The molecular formula is C10H8F7NO. The molecule has 2 nitrogen and oxygen atoms in total. The van der Waals surface area contributed by atoms with Crippen molar-refractivity contribution in [2.75, 3.05) is 6.61 Å². The van der Waals surface area contributed by atoms with E-state index in [0.717, 1.165) is 6.07 Å². The maximum absolute atomic E-state index is 12.9. The first-order valence-electron chi connectivity index (χ1n) is 4.86. The molecule has 1 N–H and O–H groups in total. The summed E-state index contributed by atoms with van der Waals surface area (Å²) in [6.07, 6.45) is -9.30. The lowest BCUT2D eigenvalue weighted by atomic mass is 10.1. The van der Waals surface area contributed by atoms with E-state index >= 15 is 0 Å². The molecule has 0 fully saturated rings. The molecule has 19 heavy (non-hydrogen) atoms. The van der Waals surface area contributed by atoms with Gasteiger partial charge in [0.25, 0.3) is 0 Å². The molecule has 0 unspecified atom stereocenters. The Morgan fingerprint density at radius 1 is 1.00 bits per heavy atom. The van der Waals surface area contributed by atoms with Crippen LogP contribution in [0.4, 0.5) is 30.7 Å². The zero-order valence-electron chi connectivity index (χ0n) is 9.20. The Morgan fingerprint density at radius 3 is 2.16 bits per heavy atom. The van der Waals surface area contributed by atoms with Crippen LogP contribution < -0.4 is 5.48 Å². The number of rotatable bonds is 4. The molecule has 0 aromatic heterocycles. The van der Waals surface area contributed by atoms with E-state index in [4.69, 9.17) is 0 Å². The predicted octanol–water partition coefficient (Wildman–Crippen LogP) is 3.43. The second-order valence-corrected chi connectivity index (χ2v) is 3.57. The summed E-state index contributed by atoms with van der Waals surface area (Å²) in [6.45, 7) is -2.09. The molecule has 0 saturated heterocycles. The van der Waals surface area contributed by atoms with Gasteiger partial charge in [0, 0.05) is 6.54 Å². The summed E-state index contributed by atoms with van der Waals surface area (Å²) in [4.78, 5) is 3.99. The summed E-state index contributed by atoms with van der Waals surface area (Å²) in [5.74, 6) is -1.14. The topological polar surface area (TPSA) is 21.3 Å². The quantitative estimate of drug-likeness (QED) is 0.521. The first-order valence-corrected chi connectivity index (χ1v) is 4.86. The van der Waals surface area contributed by atoms with E-state index in [1.807, 2.05) is 5.48 Å². The minimum atomic E-state index is -4.73. The van der Waals surface area contributed by atoms with Gasteiger partial charge in [-0.3, -0.25) is 4.84 Å². The average molecular weight is 291 g/mol. The first kappa shape index (κ1) is 15.7. The fraction of sp³-hybridized carbons (Fsp3) is 0.400. The number of halogens is 7. The van der Waals surface area contributed by atoms with Crippen molar-refractivity contribution in [1.82, 2.24) is 5.48 Å². The van der Waals surface area contributed by atoms with Gasteiger partial charge < -0.3 is 0 Å². The van der Waals surface area contributed by atoms with Gasteiger partial charge in [0.15, 0.2) is 6.61 Å². The Bertz CT molecular complexity index is 427. The van der Waals surface area contributed by atoms with Gasteiger partial charge in [0.2, 0.25) is 0 Å². The first-order chi connectivity index (χ1) is 8.58. The van der Waals surface area contributed by atoms with Gasteiger partial charge in [-0.1, -0.05) is 0 Å². The van der Waals surface area contributed by atoms with Gasteiger partial charge in [-0.2, -0.15) is 31.8 Å². The smallest absolute Gasteiger partial charge is 0.292 e. The Balaban J connectivity index is 2.62. The van der Waals surface area contributed by atoms with Crippen LogP contribution in [0, 0.1) is 5.82 Å². The minimum Gasteiger partial charge on any atom is -0.292 e. The number of hydroxylamine groups is 1. The van der Waals surface area contributed by atoms with Crippen molar-refractivity contribution in [2.45, 2.75) is 18.9 Å². The number of nitrogens with one attached hydrogen (secondary N) is 1. The lowest BCUT2D eigenvalue weighted by Gasteiger charge is -2.11. The van der Waals surface area contributed by atoms with E-state index in [0.29, 0.717) is 12.1 Å². The van der Waals surface area contributed by atoms with Crippen LogP contribution in [0.25, 0.3) is 0 Å². The van der Waals surface area contributed by atoms with Crippen LogP contribution in [0.2, 0.25) is 0 Å². The average Bonchev–Trinajstić information content (AvgIpc) is 2.21. The fourth-order valence-electron chi connectivity index (χ4n) is 1.18. The van der Waals surface area contributed by atoms with Gasteiger partial charge in [-0.05, 0) is 23.8 Å². The van der Waals surface area contributed by atoms with Crippen molar-refractivity contribution in [3.05, 3.63) is 35.1 Å². The molecule has 0 radical (unpaired) electrons. The maximum Gasteiger partial charge on any atom is 0.416 e. The van der Waals surface area contributed by atoms with Gasteiger partial charge in [0.05, 0.1) is 5.56 Å². The van der Waals surface area contributed by atoms with Crippen molar-refractivity contribution >= 4 is 0 Å². The predicted molar refractivity (Wildman–Crippen MR) is 50.2 cm³/mol. The highest BCUT2D eigenvalue weighted by atomic mass is 19.4. The van der Waals surface area contributed by atoms with E-state index in [1.54, 1.807) is 0 Å². The maximum atomic E-state index is 12.9. The number of benzene rings is 1. The third kappa shape index (κ3) is 5.88. The molecule has 9 heteroatoms. The molecule has 0 atom stereocenters. The zero-order chi connectivity index (χ0) is 14.7. The summed E-state index contributed by atoms with van der Waals surface area (Å²) >= 11 is 0. The Hall–Kier alpha value is -1.35. The van der Waals surface area contributed by atoms with Gasteiger partial charge in [-0.25, -0.2) is 4.39 Å². The SMILES string of the molecule is Fc1cc(CNOCC(F)(F)F)cc(C(F)(F)F)c1. The summed E-state index contributed by atoms with van der Waals surface area (Å²) in [7, 11) is 0. The van der Waals surface area contributed by atoms with Crippen molar-refractivity contribution in [3.63, 3.8) is 0 Å². The summed E-state index contributed by atoms with van der Waals surface area (Å²) in [6, 6.07) is 1.67. The van der Waals surface area contributed by atoms with E-state index in [9.17, 15) is 30.7 Å². The van der Waals surface area contributed by atoms with Crippen molar-refractivity contribution in [1.29, 1.82) is 0 Å². The Labute approximate surface area is 103 Å². The summed E-state index contributed by atoms with van der Waals surface area (Å²) < 4.78 is 85.0. The van der Waals surface area contributed by atoms with E-state index < -0.39 is 36.9 Å². The second kappa shape index (κ2) is 5.74. The molecule has 0 aliphatic carbocycles. The van der Waals surface area contributed by atoms with E-state index in [2.05, 4.69) is 4.84 Å². The highest BCUT2D eigenvalue weighted by Crippen LogP contribution is 2.30. The van der Waals surface area contributed by atoms with Crippen LogP contribution in [-0.4, -0.2) is 12.8 Å². The van der Waals surface area contributed by atoms with E-state index in [-0.39, 0.29) is 5.56 Å². The van der Waals surface area contributed by atoms with Crippen LogP contribution in [0.5, 0.6) is 0 Å². The molecule has 0 amide bonds. The van der Waals surface area contributed by atoms with Crippen LogP contribution in [0.15, 0.2) is 18.2 Å². The molecule has 1 rings (SSSR count). The van der Waals surface area contributed by atoms with Crippen LogP contribution in [0.3, 0.4) is 0 Å². The van der Waals surface area contributed by atoms with Crippen molar-refractivity contribution in [3.8, 4) is 0 Å². The van der Waals surface area contributed by atoms with Gasteiger partial charge in [-0.15, -0.1) is 0 Å². The van der Waals surface area contributed by atoms with Gasteiger partial charge in [0.1, 0.15) is 5.82 Å². The molecule has 0 bridgehead atoms. The van der Waals surface area contributed by atoms with Crippen molar-refractivity contribution < 1.29 is 35.6 Å². The van der Waals surface area contributed by atoms with Crippen LogP contribution >= 0.6 is 0 Å². The lowest BCUT2D eigenvalue weighted by Crippen LogP contribution is -2.24. The van der Waals surface area contributed by atoms with Crippen molar-refractivity contribution in [2.24, 2.45) is 0 Å². The van der Waals surface area contributed by atoms with Gasteiger partial charge >= 0.3 is 12.4 Å². The van der Waals surface area contributed by atoms with Crippen LogP contribution in [-0.2, 0) is 17.6 Å². The Morgan fingerprint density at radius 2 is 1.63 bits per heavy atom. The third-order valence-electron chi connectivity index (χ3n) is 1.90. The standard InChI is InChI=1S/C10H8F7NO/c11-8-2-6(1-7(3-8)10(15,16)17)4-18-19-5-9(12,13)14/h1-3,18H,4-5H2. The fourth-order valence-corrected chi connectivity index (χ4v) is 1.18. The zero-order valence-corrected chi connectivity index (χ0v) is 9.20. The number of hydrogen-bond donors (Lipinski definition) is 1. The third-order valence-corrected chi connectivity index (χ3v) is 1.90. The molecular weight excluding hydrogens is 283 g/mol. The normalized spacial score (nSPS) is 12.8. The second-order valence-electron chi connectivity index (χ2n) is 3.57.